The van der Waals surface area contributed by atoms with Gasteiger partial charge in [-0.2, -0.15) is 10.2 Å². The maximum atomic E-state index is 13.5. The molecule has 1 aromatic carbocycles. The molecule has 0 unspecified atom stereocenters. The van der Waals surface area contributed by atoms with Crippen LogP contribution in [0.4, 0.5) is 0 Å². The van der Waals surface area contributed by atoms with Gasteiger partial charge in [-0.3, -0.25) is 18.7 Å². The Morgan fingerprint density at radius 1 is 1.06 bits per heavy atom. The number of nitrogens with zero attached hydrogens (tertiary/aromatic N) is 8. The third-order valence-corrected chi connectivity index (χ3v) is 6.70. The number of aromatic nitrogens is 7. The molecule has 36 heavy (non-hydrogen) atoms. The third kappa shape index (κ3) is 3.83. The third-order valence-electron chi connectivity index (χ3n) is 6.70. The fourth-order valence-electron chi connectivity index (χ4n) is 4.98. The number of imidazole rings is 2. The van der Waals surface area contributed by atoms with E-state index in [0.717, 1.165) is 49.4 Å². The van der Waals surface area contributed by atoms with Crippen molar-refractivity contribution < 1.29 is 5.11 Å². The summed E-state index contributed by atoms with van der Waals surface area (Å²) in [5, 5.41) is 16.4. The summed E-state index contributed by atoms with van der Waals surface area (Å²) in [5.74, 6) is 0.409. The summed E-state index contributed by atoms with van der Waals surface area (Å²) >= 11 is 0. The molecule has 10 nitrogen and oxygen atoms in total. The summed E-state index contributed by atoms with van der Waals surface area (Å²) in [6.07, 6.45) is 10.4. The summed E-state index contributed by atoms with van der Waals surface area (Å²) in [7, 11) is 2.78. The van der Waals surface area contributed by atoms with Crippen molar-refractivity contribution in [2.24, 2.45) is 7.05 Å². The molecule has 1 saturated carbocycles. The standard InChI is InChI=1S/C25H22N8O.CH4O/c1-31-22-21(17-9-11-27-12-10-17)29-24(32-15-28-19-8-7-16(14-26)13-20(19)32)30-23(22)33(25(31)34)18-5-3-2-4-6-18;1-2/h7-13,15,18H,2-6H2,1H3;2H,1H3. The number of rotatable bonds is 3. The summed E-state index contributed by atoms with van der Waals surface area (Å²) < 4.78 is 5.29. The van der Waals surface area contributed by atoms with E-state index in [2.05, 4.69) is 16.0 Å². The van der Waals surface area contributed by atoms with Crippen molar-refractivity contribution in [3.63, 3.8) is 0 Å². The molecule has 0 spiro atoms. The van der Waals surface area contributed by atoms with Crippen molar-refractivity contribution in [3.8, 4) is 23.3 Å². The zero-order valence-electron chi connectivity index (χ0n) is 20.2. The lowest BCUT2D eigenvalue weighted by Gasteiger charge is -2.22. The Kier molecular flexibility index (Phi) is 6.31. The molecule has 5 aromatic rings. The fourth-order valence-corrected chi connectivity index (χ4v) is 4.98. The maximum Gasteiger partial charge on any atom is 0.330 e. The van der Waals surface area contributed by atoms with Gasteiger partial charge in [0.25, 0.3) is 0 Å². The van der Waals surface area contributed by atoms with Crippen LogP contribution in [0.3, 0.4) is 0 Å². The summed E-state index contributed by atoms with van der Waals surface area (Å²) in [4.78, 5) is 31.9. The van der Waals surface area contributed by atoms with E-state index in [9.17, 15) is 10.1 Å². The molecule has 0 radical (unpaired) electrons. The molecule has 0 aliphatic heterocycles. The Morgan fingerprint density at radius 3 is 2.53 bits per heavy atom. The van der Waals surface area contributed by atoms with E-state index in [1.54, 1.807) is 47.0 Å². The van der Waals surface area contributed by atoms with Crippen molar-refractivity contribution in [1.29, 1.82) is 5.26 Å². The number of aliphatic hydroxyl groups excluding tert-OH is 1. The van der Waals surface area contributed by atoms with Gasteiger partial charge in [-0.1, -0.05) is 19.3 Å². The van der Waals surface area contributed by atoms with Gasteiger partial charge in [-0.15, -0.1) is 0 Å². The molecule has 1 aliphatic rings. The van der Waals surface area contributed by atoms with Crippen LogP contribution < -0.4 is 5.69 Å². The molecule has 0 atom stereocenters. The van der Waals surface area contributed by atoms with E-state index in [1.165, 1.54) is 6.42 Å². The van der Waals surface area contributed by atoms with E-state index in [0.29, 0.717) is 28.4 Å². The van der Waals surface area contributed by atoms with Crippen LogP contribution in [-0.2, 0) is 7.05 Å². The first kappa shape index (κ1) is 23.4. The van der Waals surface area contributed by atoms with Gasteiger partial charge in [-0.05, 0) is 43.2 Å². The van der Waals surface area contributed by atoms with Crippen LogP contribution in [0.25, 0.3) is 39.4 Å². The monoisotopic (exact) mass is 482 g/mol. The Morgan fingerprint density at radius 2 is 1.81 bits per heavy atom. The number of fused-ring (bicyclic) bond motifs is 2. The van der Waals surface area contributed by atoms with Crippen LogP contribution in [0.15, 0.2) is 53.8 Å². The highest BCUT2D eigenvalue weighted by Crippen LogP contribution is 2.33. The molecular weight excluding hydrogens is 456 g/mol. The number of hydrogen-bond acceptors (Lipinski definition) is 7. The molecular formula is C26H26N8O2. The first-order chi connectivity index (χ1) is 17.7. The topological polar surface area (TPSA) is 127 Å². The van der Waals surface area contributed by atoms with Crippen LogP contribution in [0.5, 0.6) is 0 Å². The quantitative estimate of drug-likeness (QED) is 0.417. The second-order valence-electron chi connectivity index (χ2n) is 8.71. The highest BCUT2D eigenvalue weighted by molar-refractivity contribution is 5.89. The number of pyridine rings is 1. The highest BCUT2D eigenvalue weighted by Gasteiger charge is 2.26. The lowest BCUT2D eigenvalue weighted by Crippen LogP contribution is -2.27. The molecule has 0 bridgehead atoms. The Hall–Kier alpha value is -4.36. The van der Waals surface area contributed by atoms with Gasteiger partial charge in [0, 0.05) is 38.2 Å². The van der Waals surface area contributed by atoms with Crippen LogP contribution in [0.2, 0.25) is 0 Å². The molecule has 182 valence electrons. The minimum atomic E-state index is -0.0779. The van der Waals surface area contributed by atoms with Crippen molar-refractivity contribution in [3.05, 3.63) is 65.1 Å². The van der Waals surface area contributed by atoms with Crippen LogP contribution in [0.1, 0.15) is 43.7 Å². The minimum absolute atomic E-state index is 0.0779. The molecule has 0 amide bonds. The minimum Gasteiger partial charge on any atom is -0.400 e. The lowest BCUT2D eigenvalue weighted by molar-refractivity contribution is 0.350. The molecule has 0 saturated heterocycles. The van der Waals surface area contributed by atoms with Crippen molar-refractivity contribution in [2.75, 3.05) is 7.11 Å². The number of hydrogen-bond donors (Lipinski definition) is 1. The second-order valence-corrected chi connectivity index (χ2v) is 8.71. The van der Waals surface area contributed by atoms with Gasteiger partial charge >= 0.3 is 5.69 Å². The molecule has 6 rings (SSSR count). The van der Waals surface area contributed by atoms with E-state index in [4.69, 9.17) is 15.1 Å². The van der Waals surface area contributed by atoms with Crippen molar-refractivity contribution >= 4 is 22.2 Å². The van der Waals surface area contributed by atoms with Crippen molar-refractivity contribution in [2.45, 2.75) is 38.1 Å². The summed E-state index contributed by atoms with van der Waals surface area (Å²) in [6.45, 7) is 0. The Labute approximate surface area is 207 Å². The molecule has 10 heteroatoms. The first-order valence-electron chi connectivity index (χ1n) is 11.9. The SMILES string of the molecule is CO.Cn1c(=O)n(C2CCCCC2)c2nc(-n3cnc4ccc(C#N)cc43)nc(-c3ccncc3)c21. The average Bonchev–Trinajstić information content (AvgIpc) is 3.48. The Balaban J connectivity index is 0.00000130. The molecule has 1 N–H and O–H groups in total. The normalized spacial score (nSPS) is 13.9. The molecule has 4 aromatic heterocycles. The Bertz CT molecular complexity index is 1640. The summed E-state index contributed by atoms with van der Waals surface area (Å²) in [5.41, 5.74) is 4.76. The van der Waals surface area contributed by atoms with Crippen LogP contribution >= 0.6 is 0 Å². The zero-order valence-corrected chi connectivity index (χ0v) is 20.2. The van der Waals surface area contributed by atoms with E-state index < -0.39 is 0 Å². The van der Waals surface area contributed by atoms with E-state index in [-0.39, 0.29) is 11.7 Å². The number of benzene rings is 1. The van der Waals surface area contributed by atoms with Gasteiger partial charge in [0.2, 0.25) is 5.95 Å². The smallest absolute Gasteiger partial charge is 0.330 e. The lowest BCUT2D eigenvalue weighted by atomic mass is 9.95. The van der Waals surface area contributed by atoms with Gasteiger partial charge < -0.3 is 5.11 Å². The van der Waals surface area contributed by atoms with Crippen LogP contribution in [0, 0.1) is 11.3 Å². The highest BCUT2D eigenvalue weighted by atomic mass is 16.2. The first-order valence-corrected chi connectivity index (χ1v) is 11.9. The molecule has 1 aliphatic carbocycles. The van der Waals surface area contributed by atoms with Gasteiger partial charge in [0.1, 0.15) is 17.5 Å². The predicted molar refractivity (Wildman–Crippen MR) is 136 cm³/mol. The van der Waals surface area contributed by atoms with Crippen LogP contribution in [-0.4, -0.2) is 45.9 Å². The largest absolute Gasteiger partial charge is 0.400 e. The average molecular weight is 483 g/mol. The van der Waals surface area contributed by atoms with Crippen molar-refractivity contribution in [1.82, 2.24) is 33.6 Å². The molecule has 1 fully saturated rings. The van der Waals surface area contributed by atoms with Gasteiger partial charge in [-0.25, -0.2) is 14.8 Å². The summed E-state index contributed by atoms with van der Waals surface area (Å²) in [6, 6.07) is 11.4. The van der Waals surface area contributed by atoms with Gasteiger partial charge in [0.05, 0.1) is 22.7 Å². The fraction of sp³-hybridized carbons (Fsp3) is 0.308. The number of aliphatic hydroxyl groups is 1. The number of aryl methyl sites for hydroxylation is 1. The van der Waals surface area contributed by atoms with E-state index in [1.807, 2.05) is 22.8 Å². The maximum absolute atomic E-state index is 13.5. The zero-order chi connectivity index (χ0) is 25.2. The van der Waals surface area contributed by atoms with Gasteiger partial charge in [0.15, 0.2) is 5.65 Å². The number of nitriles is 1. The predicted octanol–water partition coefficient (Wildman–Crippen LogP) is 3.52. The van der Waals surface area contributed by atoms with E-state index >= 15 is 0 Å². The molecule has 4 heterocycles. The second kappa shape index (κ2) is 9.71.